The number of nitrogens with zero attached hydrogens (tertiary/aromatic N) is 1. The van der Waals surface area contributed by atoms with E-state index in [1.807, 2.05) is 22.7 Å². The van der Waals surface area contributed by atoms with Crippen LogP contribution in [-0.2, 0) is 0 Å². The average molecular weight is 686 g/mol. The molecule has 2 aromatic heterocycles. The number of fused-ring (bicyclic) bond motifs is 6. The Balaban J connectivity index is 1.01. The number of thiophene rings is 2. The lowest BCUT2D eigenvalue weighted by molar-refractivity contribution is 1.28. The predicted molar refractivity (Wildman–Crippen MR) is 223 cm³/mol. The van der Waals surface area contributed by atoms with Crippen LogP contribution in [0.2, 0.25) is 0 Å². The van der Waals surface area contributed by atoms with E-state index in [4.69, 9.17) is 0 Å². The van der Waals surface area contributed by atoms with Crippen LogP contribution in [0.1, 0.15) is 0 Å². The van der Waals surface area contributed by atoms with Gasteiger partial charge in [0.25, 0.3) is 0 Å². The highest BCUT2D eigenvalue weighted by Gasteiger charge is 2.15. The summed E-state index contributed by atoms with van der Waals surface area (Å²) in [5, 5.41) is 5.28. The van der Waals surface area contributed by atoms with E-state index in [0.29, 0.717) is 0 Å². The molecule has 10 rings (SSSR count). The van der Waals surface area contributed by atoms with Gasteiger partial charge in [-0.15, -0.1) is 22.7 Å². The molecule has 0 aliphatic carbocycles. The average Bonchev–Trinajstić information content (AvgIpc) is 3.77. The molecule has 0 saturated carbocycles. The molecule has 0 fully saturated rings. The minimum absolute atomic E-state index is 1.13. The minimum Gasteiger partial charge on any atom is -0.310 e. The molecule has 0 bridgehead atoms. The minimum atomic E-state index is 1.13. The number of para-hydroxylation sites is 2. The molecule has 0 aliphatic heterocycles. The lowest BCUT2D eigenvalue weighted by Gasteiger charge is -2.25. The van der Waals surface area contributed by atoms with Gasteiger partial charge in [-0.2, -0.15) is 0 Å². The van der Waals surface area contributed by atoms with Crippen LogP contribution in [0.5, 0.6) is 0 Å². The Morgan fingerprint density at radius 2 is 0.804 bits per heavy atom. The molecule has 0 radical (unpaired) electrons. The molecular formula is C48H31NS2. The normalized spacial score (nSPS) is 11.5. The van der Waals surface area contributed by atoms with Gasteiger partial charge < -0.3 is 4.90 Å². The Hall–Kier alpha value is -6.00. The van der Waals surface area contributed by atoms with Crippen LogP contribution < -0.4 is 4.90 Å². The second-order valence-electron chi connectivity index (χ2n) is 12.9. The van der Waals surface area contributed by atoms with Crippen molar-refractivity contribution in [2.75, 3.05) is 4.90 Å². The Morgan fingerprint density at radius 3 is 1.51 bits per heavy atom. The summed E-state index contributed by atoms with van der Waals surface area (Å²) < 4.78 is 5.31. The predicted octanol–water partition coefficient (Wildman–Crippen LogP) is 14.9. The van der Waals surface area contributed by atoms with E-state index in [9.17, 15) is 0 Å². The zero-order valence-corrected chi connectivity index (χ0v) is 29.3. The third-order valence-electron chi connectivity index (χ3n) is 9.87. The highest BCUT2D eigenvalue weighted by Crippen LogP contribution is 2.42. The number of benzene rings is 8. The van der Waals surface area contributed by atoms with E-state index in [0.717, 1.165) is 17.1 Å². The van der Waals surface area contributed by atoms with Crippen molar-refractivity contribution in [3.8, 4) is 33.4 Å². The summed E-state index contributed by atoms with van der Waals surface area (Å²) in [6, 6.07) is 68.5. The third-order valence-corrected chi connectivity index (χ3v) is 12.2. The van der Waals surface area contributed by atoms with Crippen molar-refractivity contribution < 1.29 is 0 Å². The van der Waals surface area contributed by atoms with E-state index in [2.05, 4.69) is 193 Å². The fourth-order valence-corrected chi connectivity index (χ4v) is 9.68. The number of hydrogen-bond donors (Lipinski definition) is 0. The Labute approximate surface area is 304 Å². The molecule has 8 aromatic carbocycles. The Kier molecular flexibility index (Phi) is 7.26. The summed E-state index contributed by atoms with van der Waals surface area (Å²) >= 11 is 3.75. The fraction of sp³-hybridized carbons (Fsp3) is 0. The lowest BCUT2D eigenvalue weighted by atomic mass is 9.97. The monoisotopic (exact) mass is 685 g/mol. The van der Waals surface area contributed by atoms with Gasteiger partial charge in [0.05, 0.1) is 0 Å². The molecule has 1 nitrogen and oxygen atoms in total. The summed E-state index contributed by atoms with van der Waals surface area (Å²) in [6.45, 7) is 0. The SMILES string of the molecule is c1ccc(N(c2ccccc2)c2cccc(-c3ccc4sc5ccc(-c6ccc(-c7cccc8c7sc7ccccc78)cc6)cc5c4c3)c2)cc1. The number of rotatable bonds is 6. The summed E-state index contributed by atoms with van der Waals surface area (Å²) in [6.07, 6.45) is 0. The highest BCUT2D eigenvalue weighted by molar-refractivity contribution is 7.26. The van der Waals surface area contributed by atoms with Gasteiger partial charge in [-0.3, -0.25) is 0 Å². The topological polar surface area (TPSA) is 3.24 Å². The van der Waals surface area contributed by atoms with Gasteiger partial charge >= 0.3 is 0 Å². The maximum Gasteiger partial charge on any atom is 0.0467 e. The maximum atomic E-state index is 2.38. The first-order valence-electron chi connectivity index (χ1n) is 17.2. The molecule has 0 unspecified atom stereocenters. The summed E-state index contributed by atoms with van der Waals surface area (Å²) in [5.41, 5.74) is 10.8. The molecule has 3 heteroatoms. The van der Waals surface area contributed by atoms with Crippen molar-refractivity contribution in [3.63, 3.8) is 0 Å². The van der Waals surface area contributed by atoms with E-state index < -0.39 is 0 Å². The molecule has 51 heavy (non-hydrogen) atoms. The molecule has 0 amide bonds. The summed E-state index contributed by atoms with van der Waals surface area (Å²) in [5.74, 6) is 0. The maximum absolute atomic E-state index is 2.38. The first-order valence-corrected chi connectivity index (χ1v) is 18.9. The molecule has 0 spiro atoms. The van der Waals surface area contributed by atoms with E-state index >= 15 is 0 Å². The Morgan fingerprint density at radius 1 is 0.294 bits per heavy atom. The zero-order chi connectivity index (χ0) is 33.7. The van der Waals surface area contributed by atoms with Crippen molar-refractivity contribution in [1.29, 1.82) is 0 Å². The molecule has 0 aliphatic rings. The second-order valence-corrected chi connectivity index (χ2v) is 15.1. The van der Waals surface area contributed by atoms with Gasteiger partial charge in [0.1, 0.15) is 0 Å². The standard InChI is InChI=1S/C48H31NS2/c1-3-12-37(13-4-1)49(38-14-5-2-6-15-38)39-16-9-11-34(29-39)36-26-28-47-44(31-36)43-30-35(25-27-46(43)50-47)32-21-23-33(24-22-32)40-18-10-19-42-41-17-7-8-20-45(41)51-48(40)42/h1-31H. The fourth-order valence-electron chi connectivity index (χ4n) is 7.38. The summed E-state index contributed by atoms with van der Waals surface area (Å²) in [4.78, 5) is 2.32. The van der Waals surface area contributed by atoms with Crippen LogP contribution >= 0.6 is 22.7 Å². The molecule has 240 valence electrons. The van der Waals surface area contributed by atoms with Crippen molar-refractivity contribution in [2.45, 2.75) is 0 Å². The first-order chi connectivity index (χ1) is 25.3. The largest absolute Gasteiger partial charge is 0.310 e. The van der Waals surface area contributed by atoms with E-state index in [-0.39, 0.29) is 0 Å². The van der Waals surface area contributed by atoms with Gasteiger partial charge in [-0.05, 0) is 100 Å². The van der Waals surface area contributed by atoms with E-state index in [1.54, 1.807) is 0 Å². The molecule has 0 atom stereocenters. The van der Waals surface area contributed by atoms with E-state index in [1.165, 1.54) is 73.7 Å². The van der Waals surface area contributed by atoms with Gasteiger partial charge in [-0.1, -0.05) is 121 Å². The number of hydrogen-bond acceptors (Lipinski definition) is 3. The molecule has 2 heterocycles. The smallest absolute Gasteiger partial charge is 0.0467 e. The van der Waals surface area contributed by atoms with Gasteiger partial charge in [0.2, 0.25) is 0 Å². The highest BCUT2D eigenvalue weighted by atomic mass is 32.1. The van der Waals surface area contributed by atoms with Crippen LogP contribution in [0.4, 0.5) is 17.1 Å². The molecular weight excluding hydrogens is 655 g/mol. The third kappa shape index (κ3) is 5.30. The zero-order valence-electron chi connectivity index (χ0n) is 27.7. The first kappa shape index (κ1) is 29.9. The van der Waals surface area contributed by atoms with Crippen molar-refractivity contribution in [1.82, 2.24) is 0 Å². The number of anilines is 3. The molecule has 10 aromatic rings. The van der Waals surface area contributed by atoms with Crippen molar-refractivity contribution in [2.24, 2.45) is 0 Å². The van der Waals surface area contributed by atoms with Crippen molar-refractivity contribution >= 4 is 80.1 Å². The van der Waals surface area contributed by atoms with Gasteiger partial charge in [0, 0.05) is 57.4 Å². The van der Waals surface area contributed by atoms with Crippen LogP contribution in [0.15, 0.2) is 188 Å². The Bertz CT molecular complexity index is 2810. The van der Waals surface area contributed by atoms with Crippen LogP contribution in [0, 0.1) is 0 Å². The van der Waals surface area contributed by atoms with Crippen molar-refractivity contribution in [3.05, 3.63) is 188 Å². The quantitative estimate of drug-likeness (QED) is 0.168. The molecule has 0 N–H and O–H groups in total. The molecule has 0 saturated heterocycles. The summed E-state index contributed by atoms with van der Waals surface area (Å²) in [7, 11) is 0. The van der Waals surface area contributed by atoms with Crippen LogP contribution in [-0.4, -0.2) is 0 Å². The van der Waals surface area contributed by atoms with Crippen LogP contribution in [0.3, 0.4) is 0 Å². The van der Waals surface area contributed by atoms with Crippen LogP contribution in [0.25, 0.3) is 73.7 Å². The van der Waals surface area contributed by atoms with Gasteiger partial charge in [0.15, 0.2) is 0 Å². The lowest BCUT2D eigenvalue weighted by Crippen LogP contribution is -2.09. The second kappa shape index (κ2) is 12.4. The van der Waals surface area contributed by atoms with Gasteiger partial charge in [-0.25, -0.2) is 0 Å².